The molecule has 0 aromatic carbocycles. The second-order valence-corrected chi connectivity index (χ2v) is 2.61. The monoisotopic (exact) mass is 154 g/mol. The van der Waals surface area contributed by atoms with Gasteiger partial charge in [-0.05, 0) is 6.42 Å². The fraction of sp³-hybridized carbons (Fsp3) is 0.714. The van der Waals surface area contributed by atoms with Crippen molar-refractivity contribution in [2.24, 2.45) is 0 Å². The lowest BCUT2D eigenvalue weighted by molar-refractivity contribution is 0.537. The molecule has 0 unspecified atom stereocenters. The summed E-state index contributed by atoms with van der Waals surface area (Å²) in [4.78, 5) is 0. The van der Waals surface area contributed by atoms with Crippen LogP contribution in [0.25, 0.3) is 0 Å². The highest BCUT2D eigenvalue weighted by atomic mass is 15.4. The van der Waals surface area contributed by atoms with Gasteiger partial charge in [0.05, 0.1) is 6.20 Å². The van der Waals surface area contributed by atoms with Gasteiger partial charge in [-0.25, -0.2) is 0 Å². The van der Waals surface area contributed by atoms with Crippen LogP contribution in [0, 0.1) is 0 Å². The van der Waals surface area contributed by atoms with E-state index in [-0.39, 0.29) is 0 Å². The number of nitrogens with two attached hydrogens (primary N) is 1. The van der Waals surface area contributed by atoms with E-state index in [4.69, 9.17) is 5.73 Å². The Morgan fingerprint density at radius 3 is 2.91 bits per heavy atom. The van der Waals surface area contributed by atoms with E-state index in [1.165, 1.54) is 12.8 Å². The van der Waals surface area contributed by atoms with E-state index in [1.807, 2.05) is 0 Å². The molecule has 0 saturated carbocycles. The second-order valence-electron chi connectivity index (χ2n) is 2.61. The molecule has 0 radical (unpaired) electrons. The van der Waals surface area contributed by atoms with Gasteiger partial charge in [0.2, 0.25) is 0 Å². The van der Waals surface area contributed by atoms with Gasteiger partial charge in [0.1, 0.15) is 0 Å². The van der Waals surface area contributed by atoms with Gasteiger partial charge in [-0.2, -0.15) is 0 Å². The summed E-state index contributed by atoms with van der Waals surface area (Å²) in [5.74, 6) is 0.501. The van der Waals surface area contributed by atoms with Crippen LogP contribution in [0.3, 0.4) is 0 Å². The molecule has 0 aliphatic heterocycles. The largest absolute Gasteiger partial charge is 0.381 e. The molecule has 0 fully saturated rings. The minimum Gasteiger partial charge on any atom is -0.381 e. The molecule has 0 amide bonds. The molecule has 1 heterocycles. The summed E-state index contributed by atoms with van der Waals surface area (Å²) in [7, 11) is 0. The smallest absolute Gasteiger partial charge is 0.165 e. The van der Waals surface area contributed by atoms with E-state index in [1.54, 1.807) is 10.9 Å². The Balaban J connectivity index is 2.27. The first kappa shape index (κ1) is 8.04. The molecule has 62 valence electrons. The number of rotatable bonds is 4. The molecular formula is C7H14N4. The Bertz CT molecular complexity index is 206. The SMILES string of the molecule is CCCCCn1cc(N)nn1. The zero-order chi connectivity index (χ0) is 8.10. The lowest BCUT2D eigenvalue weighted by atomic mass is 10.2. The Labute approximate surface area is 66.4 Å². The van der Waals surface area contributed by atoms with Gasteiger partial charge in [0.25, 0.3) is 0 Å². The van der Waals surface area contributed by atoms with Crippen molar-refractivity contribution in [2.45, 2.75) is 32.7 Å². The topological polar surface area (TPSA) is 56.7 Å². The number of hydrogen-bond donors (Lipinski definition) is 1. The minimum atomic E-state index is 0.501. The molecular weight excluding hydrogens is 140 g/mol. The quantitative estimate of drug-likeness (QED) is 0.659. The number of hydrogen-bond acceptors (Lipinski definition) is 3. The van der Waals surface area contributed by atoms with Crippen molar-refractivity contribution in [3.8, 4) is 0 Å². The molecule has 1 aromatic rings. The summed E-state index contributed by atoms with van der Waals surface area (Å²) in [5, 5.41) is 7.52. The van der Waals surface area contributed by atoms with Gasteiger partial charge >= 0.3 is 0 Å². The van der Waals surface area contributed by atoms with Crippen molar-refractivity contribution in [1.29, 1.82) is 0 Å². The van der Waals surface area contributed by atoms with Crippen LogP contribution >= 0.6 is 0 Å². The molecule has 0 aliphatic carbocycles. The molecule has 1 rings (SSSR count). The summed E-state index contributed by atoms with van der Waals surface area (Å²) in [6, 6.07) is 0. The molecule has 4 heteroatoms. The maximum absolute atomic E-state index is 5.39. The standard InChI is InChI=1S/C7H14N4/c1-2-3-4-5-11-6-7(8)9-10-11/h6H,2-5,8H2,1H3. The van der Waals surface area contributed by atoms with E-state index < -0.39 is 0 Å². The van der Waals surface area contributed by atoms with Gasteiger partial charge in [-0.1, -0.05) is 25.0 Å². The zero-order valence-corrected chi connectivity index (χ0v) is 6.82. The summed E-state index contributed by atoms with van der Waals surface area (Å²) < 4.78 is 1.78. The summed E-state index contributed by atoms with van der Waals surface area (Å²) in [6.45, 7) is 3.10. The number of nitrogen functional groups attached to an aromatic ring is 1. The molecule has 0 bridgehead atoms. The summed E-state index contributed by atoms with van der Waals surface area (Å²) in [6.07, 6.45) is 5.37. The van der Waals surface area contributed by atoms with E-state index in [0.29, 0.717) is 5.82 Å². The van der Waals surface area contributed by atoms with Crippen LogP contribution in [0.4, 0.5) is 5.82 Å². The number of nitrogens with zero attached hydrogens (tertiary/aromatic N) is 3. The lowest BCUT2D eigenvalue weighted by Gasteiger charge is -1.96. The van der Waals surface area contributed by atoms with Gasteiger partial charge in [0, 0.05) is 6.54 Å². The first-order chi connectivity index (χ1) is 5.33. The van der Waals surface area contributed by atoms with Crippen LogP contribution < -0.4 is 5.73 Å². The van der Waals surface area contributed by atoms with Gasteiger partial charge in [0.15, 0.2) is 5.82 Å². The maximum atomic E-state index is 5.39. The normalized spacial score (nSPS) is 10.3. The third kappa shape index (κ3) is 2.57. The van der Waals surface area contributed by atoms with E-state index in [2.05, 4.69) is 17.2 Å². The fourth-order valence-corrected chi connectivity index (χ4v) is 0.946. The van der Waals surface area contributed by atoms with Crippen LogP contribution in [-0.2, 0) is 6.54 Å². The first-order valence-electron chi connectivity index (χ1n) is 3.98. The maximum Gasteiger partial charge on any atom is 0.165 e. The Morgan fingerprint density at radius 2 is 2.36 bits per heavy atom. The fourth-order valence-electron chi connectivity index (χ4n) is 0.946. The van der Waals surface area contributed by atoms with E-state index in [9.17, 15) is 0 Å². The van der Waals surface area contributed by atoms with Crippen molar-refractivity contribution in [3.05, 3.63) is 6.20 Å². The molecule has 0 aliphatic rings. The van der Waals surface area contributed by atoms with Crippen molar-refractivity contribution in [3.63, 3.8) is 0 Å². The molecule has 0 saturated heterocycles. The highest BCUT2D eigenvalue weighted by Gasteiger charge is 1.93. The van der Waals surface area contributed by atoms with Crippen molar-refractivity contribution in [1.82, 2.24) is 15.0 Å². The minimum absolute atomic E-state index is 0.501. The number of aryl methyl sites for hydroxylation is 1. The van der Waals surface area contributed by atoms with Crippen LogP contribution in [0.5, 0.6) is 0 Å². The average Bonchev–Trinajstić information content (AvgIpc) is 2.37. The van der Waals surface area contributed by atoms with Crippen LogP contribution in [0.1, 0.15) is 26.2 Å². The molecule has 1 aromatic heterocycles. The van der Waals surface area contributed by atoms with E-state index in [0.717, 1.165) is 13.0 Å². The van der Waals surface area contributed by atoms with Crippen molar-refractivity contribution in [2.75, 3.05) is 5.73 Å². The van der Waals surface area contributed by atoms with Crippen LogP contribution in [0.15, 0.2) is 6.20 Å². The third-order valence-corrected chi connectivity index (χ3v) is 1.55. The van der Waals surface area contributed by atoms with Crippen LogP contribution in [0.2, 0.25) is 0 Å². The van der Waals surface area contributed by atoms with Gasteiger partial charge < -0.3 is 5.73 Å². The Morgan fingerprint density at radius 1 is 1.55 bits per heavy atom. The van der Waals surface area contributed by atoms with Crippen molar-refractivity contribution < 1.29 is 0 Å². The highest BCUT2D eigenvalue weighted by molar-refractivity contribution is 5.19. The third-order valence-electron chi connectivity index (χ3n) is 1.55. The average molecular weight is 154 g/mol. The first-order valence-corrected chi connectivity index (χ1v) is 3.98. The predicted octanol–water partition coefficient (Wildman–Crippen LogP) is 1.05. The summed E-state index contributed by atoms with van der Waals surface area (Å²) >= 11 is 0. The molecule has 0 atom stereocenters. The number of aromatic nitrogens is 3. The Kier molecular flexibility index (Phi) is 2.89. The zero-order valence-electron chi connectivity index (χ0n) is 6.82. The molecule has 4 nitrogen and oxygen atoms in total. The molecule has 2 N–H and O–H groups in total. The van der Waals surface area contributed by atoms with Crippen molar-refractivity contribution >= 4 is 5.82 Å². The molecule has 11 heavy (non-hydrogen) atoms. The second kappa shape index (κ2) is 3.95. The number of unbranched alkanes of at least 4 members (excludes halogenated alkanes) is 2. The molecule has 0 spiro atoms. The van der Waals surface area contributed by atoms with Crippen LogP contribution in [-0.4, -0.2) is 15.0 Å². The number of anilines is 1. The Hall–Kier alpha value is -1.06. The lowest BCUT2D eigenvalue weighted by Crippen LogP contribution is -1.98. The summed E-state index contributed by atoms with van der Waals surface area (Å²) in [5.41, 5.74) is 5.39. The predicted molar refractivity (Wildman–Crippen MR) is 44.0 cm³/mol. The van der Waals surface area contributed by atoms with Gasteiger partial charge in [-0.3, -0.25) is 4.68 Å². The van der Waals surface area contributed by atoms with Gasteiger partial charge in [-0.15, -0.1) is 5.10 Å². The van der Waals surface area contributed by atoms with E-state index >= 15 is 0 Å². The highest BCUT2D eigenvalue weighted by Crippen LogP contribution is 1.98.